The molecule has 0 aliphatic carbocycles. The molecule has 0 amide bonds. The van der Waals surface area contributed by atoms with E-state index >= 15 is 0 Å². The Morgan fingerprint density at radius 2 is 1.95 bits per heavy atom. The molecule has 0 aromatic rings. The summed E-state index contributed by atoms with van der Waals surface area (Å²) in [6, 6.07) is 0. The van der Waals surface area contributed by atoms with Gasteiger partial charge in [-0.25, -0.2) is 4.39 Å². The molecule has 0 N–H and O–H groups in total. The van der Waals surface area contributed by atoms with E-state index in [1.165, 1.54) is 32.2 Å². The molecule has 116 valence electrons. The molecule has 0 spiro atoms. The summed E-state index contributed by atoms with van der Waals surface area (Å²) in [5.41, 5.74) is 2.18. The highest BCUT2D eigenvalue weighted by Crippen LogP contribution is 2.36. The van der Waals surface area contributed by atoms with E-state index in [4.69, 9.17) is 0 Å². The van der Waals surface area contributed by atoms with E-state index in [0.717, 1.165) is 24.1 Å². The van der Waals surface area contributed by atoms with Crippen molar-refractivity contribution < 1.29 is 4.39 Å². The number of likely N-dealkylation sites (tertiary alicyclic amines) is 1. The van der Waals surface area contributed by atoms with Crippen molar-refractivity contribution in [2.45, 2.75) is 71.8 Å². The standard InChI is InChI=1S/C17H31FN2/c1-6-9-17(10-7-12-20(17)5)11-8-15(4)19-13-16(18)14(2)3/h6-13H2,1-5H3/t17-/m0/s1. The third-order valence-corrected chi connectivity index (χ3v) is 4.64. The molecular weight excluding hydrogens is 251 g/mol. The van der Waals surface area contributed by atoms with Gasteiger partial charge in [0.25, 0.3) is 0 Å². The average Bonchev–Trinajstić information content (AvgIpc) is 2.75. The zero-order valence-electron chi connectivity index (χ0n) is 13.9. The number of nitrogens with zero attached hydrogens (tertiary/aromatic N) is 2. The van der Waals surface area contributed by atoms with Crippen LogP contribution < -0.4 is 0 Å². The van der Waals surface area contributed by atoms with E-state index < -0.39 is 0 Å². The van der Waals surface area contributed by atoms with Gasteiger partial charge in [0.1, 0.15) is 5.83 Å². The van der Waals surface area contributed by atoms with Crippen LogP contribution in [-0.4, -0.2) is 36.3 Å². The Kier molecular flexibility index (Phi) is 6.87. The molecule has 1 rings (SSSR count). The quantitative estimate of drug-likeness (QED) is 0.615. The number of rotatable bonds is 7. The lowest BCUT2D eigenvalue weighted by atomic mass is 9.85. The first-order valence-electron chi connectivity index (χ1n) is 7.94. The van der Waals surface area contributed by atoms with Crippen LogP contribution in [0.3, 0.4) is 0 Å². The van der Waals surface area contributed by atoms with Crippen molar-refractivity contribution in [3.05, 3.63) is 11.4 Å². The molecule has 0 aromatic carbocycles. The zero-order chi connectivity index (χ0) is 15.2. The fraction of sp³-hybridized carbons (Fsp3) is 0.824. The van der Waals surface area contributed by atoms with Crippen molar-refractivity contribution in [1.82, 2.24) is 4.90 Å². The van der Waals surface area contributed by atoms with Gasteiger partial charge in [-0.15, -0.1) is 0 Å². The largest absolute Gasteiger partial charge is 0.301 e. The van der Waals surface area contributed by atoms with Gasteiger partial charge >= 0.3 is 0 Å². The van der Waals surface area contributed by atoms with Crippen LogP contribution in [0.1, 0.15) is 66.2 Å². The van der Waals surface area contributed by atoms with Crippen molar-refractivity contribution in [2.24, 2.45) is 4.99 Å². The fourth-order valence-corrected chi connectivity index (χ4v) is 3.15. The van der Waals surface area contributed by atoms with Crippen LogP contribution in [0.2, 0.25) is 0 Å². The van der Waals surface area contributed by atoms with Crippen LogP contribution in [0.4, 0.5) is 4.39 Å². The summed E-state index contributed by atoms with van der Waals surface area (Å²) in [6.07, 6.45) is 7.24. The first-order valence-corrected chi connectivity index (χ1v) is 7.94. The van der Waals surface area contributed by atoms with Crippen molar-refractivity contribution in [3.8, 4) is 0 Å². The molecule has 0 unspecified atom stereocenters. The molecule has 1 heterocycles. The molecule has 0 radical (unpaired) electrons. The van der Waals surface area contributed by atoms with Crippen LogP contribution >= 0.6 is 0 Å². The van der Waals surface area contributed by atoms with Crippen LogP contribution in [0.15, 0.2) is 16.4 Å². The summed E-state index contributed by atoms with van der Waals surface area (Å²) in [5, 5.41) is 0. The van der Waals surface area contributed by atoms with E-state index in [1.54, 1.807) is 13.8 Å². The van der Waals surface area contributed by atoms with Crippen LogP contribution in [0, 0.1) is 0 Å². The third-order valence-electron chi connectivity index (χ3n) is 4.64. The lowest BCUT2D eigenvalue weighted by Crippen LogP contribution is -2.41. The first kappa shape index (κ1) is 17.4. The number of hydrogen-bond donors (Lipinski definition) is 0. The molecular formula is C17H31FN2. The van der Waals surface area contributed by atoms with Crippen molar-refractivity contribution in [3.63, 3.8) is 0 Å². The summed E-state index contributed by atoms with van der Waals surface area (Å²) >= 11 is 0. The Labute approximate surface area is 124 Å². The minimum Gasteiger partial charge on any atom is -0.301 e. The fourth-order valence-electron chi connectivity index (χ4n) is 3.15. The molecule has 0 bridgehead atoms. The van der Waals surface area contributed by atoms with Gasteiger partial charge in [0.15, 0.2) is 0 Å². The van der Waals surface area contributed by atoms with Gasteiger partial charge in [0, 0.05) is 11.3 Å². The Hall–Kier alpha value is -0.700. The summed E-state index contributed by atoms with van der Waals surface area (Å²) in [4.78, 5) is 6.92. The number of aliphatic imine (C=N–C) groups is 1. The van der Waals surface area contributed by atoms with Crippen LogP contribution in [0.25, 0.3) is 0 Å². The van der Waals surface area contributed by atoms with E-state index in [-0.39, 0.29) is 12.4 Å². The van der Waals surface area contributed by atoms with Crippen molar-refractivity contribution >= 4 is 5.71 Å². The predicted octanol–water partition coefficient (Wildman–Crippen LogP) is 4.76. The number of hydrogen-bond acceptors (Lipinski definition) is 2. The molecule has 0 saturated carbocycles. The average molecular weight is 282 g/mol. The summed E-state index contributed by atoms with van der Waals surface area (Å²) in [7, 11) is 2.25. The maximum atomic E-state index is 13.4. The van der Waals surface area contributed by atoms with Crippen LogP contribution in [-0.2, 0) is 0 Å². The van der Waals surface area contributed by atoms with E-state index in [9.17, 15) is 4.39 Å². The first-order chi connectivity index (χ1) is 9.41. The van der Waals surface area contributed by atoms with Gasteiger partial charge < -0.3 is 4.90 Å². The van der Waals surface area contributed by atoms with Crippen LogP contribution in [0.5, 0.6) is 0 Å². The Balaban J connectivity index is 2.55. The molecule has 1 saturated heterocycles. The molecule has 0 aromatic heterocycles. The Bertz CT molecular complexity index is 369. The maximum Gasteiger partial charge on any atom is 0.120 e. The van der Waals surface area contributed by atoms with Gasteiger partial charge in [-0.3, -0.25) is 4.99 Å². The van der Waals surface area contributed by atoms with E-state index in [0.29, 0.717) is 5.54 Å². The lowest BCUT2D eigenvalue weighted by molar-refractivity contribution is 0.149. The zero-order valence-corrected chi connectivity index (χ0v) is 13.9. The topological polar surface area (TPSA) is 15.6 Å². The smallest absolute Gasteiger partial charge is 0.120 e. The van der Waals surface area contributed by atoms with Gasteiger partial charge in [0.2, 0.25) is 0 Å². The Morgan fingerprint density at radius 3 is 2.45 bits per heavy atom. The summed E-state index contributed by atoms with van der Waals surface area (Å²) < 4.78 is 13.4. The molecule has 1 aliphatic rings. The van der Waals surface area contributed by atoms with Gasteiger partial charge in [-0.2, -0.15) is 0 Å². The lowest BCUT2D eigenvalue weighted by Gasteiger charge is -2.36. The molecule has 3 heteroatoms. The number of allylic oxidation sites excluding steroid dienone is 1. The monoisotopic (exact) mass is 282 g/mol. The minimum absolute atomic E-state index is 0.0920. The number of halogens is 1. The second-order valence-electron chi connectivity index (χ2n) is 6.46. The second kappa shape index (κ2) is 7.92. The highest BCUT2D eigenvalue weighted by atomic mass is 19.1. The third kappa shape index (κ3) is 4.69. The SMILES string of the molecule is CCC[C@@]1(CCC(C)=NCC(F)=C(C)C)CCCN1C. The molecule has 1 fully saturated rings. The summed E-state index contributed by atoms with van der Waals surface area (Å²) in [5.74, 6) is -0.0920. The second-order valence-corrected chi connectivity index (χ2v) is 6.46. The minimum atomic E-state index is -0.0920. The molecule has 1 aliphatic heterocycles. The highest BCUT2D eigenvalue weighted by Gasteiger charge is 2.37. The Morgan fingerprint density at radius 1 is 1.25 bits per heavy atom. The highest BCUT2D eigenvalue weighted by molar-refractivity contribution is 5.82. The van der Waals surface area contributed by atoms with Gasteiger partial charge in [-0.05, 0) is 72.0 Å². The predicted molar refractivity (Wildman–Crippen MR) is 86.2 cm³/mol. The molecule has 2 nitrogen and oxygen atoms in total. The summed E-state index contributed by atoms with van der Waals surface area (Å²) in [6.45, 7) is 9.31. The maximum absolute atomic E-state index is 13.4. The van der Waals surface area contributed by atoms with E-state index in [1.807, 2.05) is 6.92 Å². The van der Waals surface area contributed by atoms with Gasteiger partial charge in [-0.1, -0.05) is 13.3 Å². The molecule has 1 atom stereocenters. The van der Waals surface area contributed by atoms with Gasteiger partial charge in [0.05, 0.1) is 6.54 Å². The van der Waals surface area contributed by atoms with E-state index in [2.05, 4.69) is 23.9 Å². The van der Waals surface area contributed by atoms with Crippen molar-refractivity contribution in [2.75, 3.05) is 20.1 Å². The van der Waals surface area contributed by atoms with Crippen molar-refractivity contribution in [1.29, 1.82) is 0 Å². The normalized spacial score (nSPS) is 24.2. The molecule has 20 heavy (non-hydrogen) atoms.